The van der Waals surface area contributed by atoms with Gasteiger partial charge in [-0.1, -0.05) is 41.9 Å². The average Bonchev–Trinajstić information content (AvgIpc) is 2.93. The van der Waals surface area contributed by atoms with Crippen molar-refractivity contribution in [3.8, 4) is 17.6 Å². The molecule has 1 amide bonds. The number of amides is 1. The predicted octanol–water partition coefficient (Wildman–Crippen LogP) is 6.46. The summed E-state index contributed by atoms with van der Waals surface area (Å²) in [6.45, 7) is 3.06. The van der Waals surface area contributed by atoms with Crippen molar-refractivity contribution in [3.63, 3.8) is 0 Å². The molecule has 0 saturated heterocycles. The van der Waals surface area contributed by atoms with E-state index in [1.165, 1.54) is 19.4 Å². The summed E-state index contributed by atoms with van der Waals surface area (Å²) in [6, 6.07) is 19.0. The number of hydrogen-bond acceptors (Lipinski definition) is 7. The number of halogens is 1. The molecule has 1 aromatic heterocycles. The average molecular weight is 556 g/mol. The third kappa shape index (κ3) is 6.89. The number of ether oxygens (including phenoxy) is 2. The summed E-state index contributed by atoms with van der Waals surface area (Å²) in [5.41, 5.74) is 4.77. The predicted molar refractivity (Wildman–Crippen MR) is 160 cm³/mol. The Bertz CT molecular complexity index is 1610. The number of likely N-dealkylation sites (N-methyl/N-ethyl adjacent to an activating group) is 1. The van der Waals surface area contributed by atoms with Crippen LogP contribution >= 0.6 is 11.6 Å². The number of rotatable bonds is 10. The van der Waals surface area contributed by atoms with Gasteiger partial charge in [0.1, 0.15) is 24.2 Å². The first-order valence-corrected chi connectivity index (χ1v) is 12.9. The van der Waals surface area contributed by atoms with E-state index in [0.717, 1.165) is 11.1 Å². The topological polar surface area (TPSA) is 99.5 Å². The Morgan fingerprint density at radius 1 is 1.15 bits per heavy atom. The van der Waals surface area contributed by atoms with Crippen LogP contribution in [0.25, 0.3) is 10.9 Å². The fourth-order valence-electron chi connectivity index (χ4n) is 4.02. The summed E-state index contributed by atoms with van der Waals surface area (Å²) in [4.78, 5) is 18.9. The molecular weight excluding hydrogens is 526 g/mol. The van der Waals surface area contributed by atoms with Crippen LogP contribution in [0.15, 0.2) is 72.9 Å². The van der Waals surface area contributed by atoms with Crippen LogP contribution in [-0.4, -0.2) is 43.5 Å². The van der Waals surface area contributed by atoms with E-state index in [9.17, 15) is 10.1 Å². The van der Waals surface area contributed by atoms with Crippen molar-refractivity contribution in [2.75, 3.05) is 38.4 Å². The van der Waals surface area contributed by atoms with Gasteiger partial charge in [0.2, 0.25) is 5.91 Å². The summed E-state index contributed by atoms with van der Waals surface area (Å²) in [5.74, 6) is 0.697. The number of nitriles is 1. The van der Waals surface area contributed by atoms with Crippen molar-refractivity contribution in [1.29, 1.82) is 5.26 Å². The zero-order valence-electron chi connectivity index (χ0n) is 22.8. The van der Waals surface area contributed by atoms with E-state index in [1.54, 1.807) is 30.3 Å². The highest BCUT2D eigenvalue weighted by molar-refractivity contribution is 6.32. The molecule has 40 heavy (non-hydrogen) atoms. The first-order chi connectivity index (χ1) is 19.3. The van der Waals surface area contributed by atoms with Crippen LogP contribution in [-0.2, 0) is 11.4 Å². The van der Waals surface area contributed by atoms with Crippen molar-refractivity contribution < 1.29 is 14.3 Å². The van der Waals surface area contributed by atoms with Crippen LogP contribution in [0.5, 0.6) is 11.5 Å². The van der Waals surface area contributed by atoms with Crippen molar-refractivity contribution in [2.45, 2.75) is 13.5 Å². The van der Waals surface area contributed by atoms with Gasteiger partial charge < -0.3 is 25.0 Å². The van der Waals surface area contributed by atoms with Crippen LogP contribution in [0.1, 0.15) is 16.7 Å². The molecule has 4 aromatic rings. The largest absolute Gasteiger partial charge is 0.494 e. The van der Waals surface area contributed by atoms with Crippen LogP contribution in [0, 0.1) is 18.3 Å². The minimum absolute atomic E-state index is 0.300. The zero-order valence-corrected chi connectivity index (χ0v) is 23.5. The Morgan fingerprint density at radius 3 is 2.65 bits per heavy atom. The molecule has 0 aliphatic rings. The molecule has 0 saturated carbocycles. The number of benzene rings is 3. The highest BCUT2D eigenvalue weighted by atomic mass is 35.5. The summed E-state index contributed by atoms with van der Waals surface area (Å²) >= 11 is 6.56. The lowest BCUT2D eigenvalue weighted by molar-refractivity contribution is -0.111. The third-order valence-corrected chi connectivity index (χ3v) is 6.45. The lowest BCUT2D eigenvalue weighted by Crippen LogP contribution is -2.13. The molecule has 0 unspecified atom stereocenters. The number of pyridine rings is 1. The standard InChI is InChI=1S/C31H30ClN5O3/c1-20-8-5-6-9-21(20)19-40-28-12-11-23(14-25(28)32)35-31-22(17-33)18-34-26-16-29(39-4)27(15-24(26)31)36-30(38)10-7-13-37(2)3/h5-12,14-16,18H,13,19H2,1-4H3,(H,34,35)(H,36,38)/b10-7+. The maximum Gasteiger partial charge on any atom is 0.248 e. The number of fused-ring (bicyclic) bond motifs is 1. The molecule has 2 N–H and O–H groups in total. The Kier molecular flexibility index (Phi) is 9.23. The number of carbonyl (C=O) groups excluding carboxylic acids is 1. The van der Waals surface area contributed by atoms with Crippen molar-refractivity contribution in [1.82, 2.24) is 9.88 Å². The van der Waals surface area contributed by atoms with E-state index in [0.29, 0.717) is 63.2 Å². The highest BCUT2D eigenvalue weighted by Crippen LogP contribution is 2.37. The molecular formula is C31H30ClN5O3. The van der Waals surface area contributed by atoms with Crippen LogP contribution in [0.2, 0.25) is 5.02 Å². The molecule has 204 valence electrons. The molecule has 0 bridgehead atoms. The number of carbonyl (C=O) groups is 1. The van der Waals surface area contributed by atoms with Crippen LogP contribution in [0.4, 0.5) is 17.1 Å². The lowest BCUT2D eigenvalue weighted by Gasteiger charge is -2.16. The molecule has 3 aromatic carbocycles. The first-order valence-electron chi connectivity index (χ1n) is 12.6. The van der Waals surface area contributed by atoms with Gasteiger partial charge in [-0.05, 0) is 56.4 Å². The number of hydrogen-bond donors (Lipinski definition) is 2. The quantitative estimate of drug-likeness (QED) is 0.217. The van der Waals surface area contributed by atoms with E-state index >= 15 is 0 Å². The molecule has 0 fully saturated rings. The summed E-state index contributed by atoms with van der Waals surface area (Å²) in [6.07, 6.45) is 4.73. The monoisotopic (exact) mass is 555 g/mol. The van der Waals surface area contributed by atoms with E-state index in [2.05, 4.69) is 21.7 Å². The summed E-state index contributed by atoms with van der Waals surface area (Å²) < 4.78 is 11.5. The van der Waals surface area contributed by atoms with E-state index in [-0.39, 0.29) is 5.91 Å². The molecule has 1 heterocycles. The SMILES string of the molecule is COc1cc2ncc(C#N)c(Nc3ccc(OCc4ccccc4C)c(Cl)c3)c2cc1NC(=O)/C=C/CN(C)C. The summed E-state index contributed by atoms with van der Waals surface area (Å²) in [5, 5.41) is 17.0. The molecule has 9 heteroatoms. The van der Waals surface area contributed by atoms with Gasteiger partial charge in [-0.2, -0.15) is 5.26 Å². The number of aryl methyl sites for hydroxylation is 1. The summed E-state index contributed by atoms with van der Waals surface area (Å²) in [7, 11) is 5.36. The van der Waals surface area contributed by atoms with E-state index in [4.69, 9.17) is 21.1 Å². The third-order valence-electron chi connectivity index (χ3n) is 6.15. The van der Waals surface area contributed by atoms with Crippen LogP contribution < -0.4 is 20.1 Å². The normalized spacial score (nSPS) is 11.0. The maximum absolute atomic E-state index is 12.5. The highest BCUT2D eigenvalue weighted by Gasteiger charge is 2.15. The van der Waals surface area contributed by atoms with Crippen molar-refractivity contribution in [3.05, 3.63) is 94.7 Å². The zero-order chi connectivity index (χ0) is 28.6. The van der Waals surface area contributed by atoms with Gasteiger partial charge in [0.25, 0.3) is 0 Å². The fourth-order valence-corrected chi connectivity index (χ4v) is 4.25. The lowest BCUT2D eigenvalue weighted by atomic mass is 10.1. The second kappa shape index (κ2) is 13.0. The smallest absolute Gasteiger partial charge is 0.248 e. The fraction of sp³-hybridized carbons (Fsp3) is 0.194. The number of anilines is 3. The van der Waals surface area contributed by atoms with Gasteiger partial charge in [0, 0.05) is 36.0 Å². The molecule has 8 nitrogen and oxygen atoms in total. The molecule has 0 radical (unpaired) electrons. The first kappa shape index (κ1) is 28.4. The molecule has 0 aliphatic heterocycles. The number of methoxy groups -OCH3 is 1. The Hall–Kier alpha value is -4.58. The van der Waals surface area contributed by atoms with Crippen molar-refractivity contribution in [2.24, 2.45) is 0 Å². The molecule has 0 aliphatic carbocycles. The van der Waals surface area contributed by atoms with Gasteiger partial charge >= 0.3 is 0 Å². The Labute approximate surface area is 238 Å². The van der Waals surface area contributed by atoms with Gasteiger partial charge in [-0.3, -0.25) is 9.78 Å². The molecule has 0 atom stereocenters. The number of nitrogens with zero attached hydrogens (tertiary/aromatic N) is 3. The van der Waals surface area contributed by atoms with Gasteiger partial charge in [-0.15, -0.1) is 0 Å². The second-order valence-electron chi connectivity index (χ2n) is 9.37. The number of nitrogens with one attached hydrogen (secondary N) is 2. The van der Waals surface area contributed by atoms with Crippen molar-refractivity contribution >= 4 is 45.5 Å². The Balaban J connectivity index is 1.63. The van der Waals surface area contributed by atoms with Gasteiger partial charge in [0.05, 0.1) is 34.6 Å². The van der Waals surface area contributed by atoms with Gasteiger partial charge in [0.15, 0.2) is 0 Å². The minimum atomic E-state index is -0.300. The van der Waals surface area contributed by atoms with E-state index in [1.807, 2.05) is 56.3 Å². The second-order valence-corrected chi connectivity index (χ2v) is 9.77. The Morgan fingerprint density at radius 2 is 1.95 bits per heavy atom. The van der Waals surface area contributed by atoms with Gasteiger partial charge in [-0.25, -0.2) is 0 Å². The number of aromatic nitrogens is 1. The van der Waals surface area contributed by atoms with E-state index < -0.39 is 0 Å². The molecule has 0 spiro atoms. The molecule has 4 rings (SSSR count). The maximum atomic E-state index is 12.5. The minimum Gasteiger partial charge on any atom is -0.494 e. The van der Waals surface area contributed by atoms with Crippen LogP contribution in [0.3, 0.4) is 0 Å².